The van der Waals surface area contributed by atoms with Crippen LogP contribution in [0, 0.1) is 0 Å². The van der Waals surface area contributed by atoms with Crippen molar-refractivity contribution in [3.63, 3.8) is 0 Å². The van der Waals surface area contributed by atoms with Gasteiger partial charge in [0, 0.05) is 0 Å². The molecule has 0 radical (unpaired) electrons. The Morgan fingerprint density at radius 3 is 2.64 bits per heavy atom. The zero-order chi connectivity index (χ0) is 10.1. The van der Waals surface area contributed by atoms with Crippen LogP contribution in [0.2, 0.25) is 0 Å². The van der Waals surface area contributed by atoms with Crippen molar-refractivity contribution in [3.8, 4) is 0 Å². The van der Waals surface area contributed by atoms with Crippen LogP contribution in [0.4, 0.5) is 0 Å². The molecule has 8 nitrogen and oxygen atoms in total. The van der Waals surface area contributed by atoms with Crippen LogP contribution in [0.1, 0.15) is 25.7 Å². The van der Waals surface area contributed by atoms with Crippen molar-refractivity contribution in [1.82, 2.24) is 0 Å². The lowest BCUT2D eigenvalue weighted by Crippen LogP contribution is -2.06. The highest BCUT2D eigenvalue weighted by molar-refractivity contribution is 5.44. The van der Waals surface area contributed by atoms with Gasteiger partial charge in [-0.05, 0) is 28.5 Å². The van der Waals surface area contributed by atoms with Gasteiger partial charge in [-0.3, -0.25) is 0 Å². The van der Waals surface area contributed by atoms with Gasteiger partial charge in [-0.25, -0.2) is 0 Å². The number of nitrogens with zero attached hydrogens (tertiary/aromatic N) is 5. The van der Waals surface area contributed by atoms with Gasteiger partial charge in [0.1, 0.15) is 6.10 Å². The molecule has 1 aliphatic rings. The molecule has 1 fully saturated rings. The minimum atomic E-state index is 0.169. The van der Waals surface area contributed by atoms with Crippen LogP contribution >= 0.6 is 0 Å². The van der Waals surface area contributed by atoms with Gasteiger partial charge >= 0.3 is 0 Å². The first-order chi connectivity index (χ1) is 6.93. The number of hydrogen-bond acceptors (Lipinski definition) is 4. The normalized spacial score (nSPS) is 19.1. The van der Waals surface area contributed by atoms with Crippen molar-refractivity contribution in [1.29, 1.82) is 0 Å². The van der Waals surface area contributed by atoms with E-state index < -0.39 is 0 Å². The Bertz CT molecular complexity index is 222. The van der Waals surface area contributed by atoms with Crippen LogP contribution in [0.5, 0.6) is 0 Å². The van der Waals surface area contributed by atoms with Crippen molar-refractivity contribution in [2.75, 3.05) is 0 Å². The minimum absolute atomic E-state index is 0.169. The van der Waals surface area contributed by atoms with Crippen molar-refractivity contribution in [3.05, 3.63) is 0 Å². The molecule has 0 amide bonds. The summed E-state index contributed by atoms with van der Waals surface area (Å²) in [4.78, 5) is 9.63. The first-order valence-corrected chi connectivity index (χ1v) is 4.27. The molecule has 0 saturated heterocycles. The van der Waals surface area contributed by atoms with Gasteiger partial charge in [0.25, 0.3) is 0 Å². The predicted molar refractivity (Wildman–Crippen MR) is 46.8 cm³/mol. The molecule has 0 atom stereocenters. The summed E-state index contributed by atoms with van der Waals surface area (Å²) < 4.78 is 0. The standard InChI is InChI=1S/C6H12N6O2/c7-9-11-12-10-8-5-13-14-6-3-1-2-4-6/h5-6H,1-4H2,(H2,7,10,11). The van der Waals surface area contributed by atoms with Gasteiger partial charge in [-0.15, -0.1) is 0 Å². The highest BCUT2D eigenvalue weighted by Gasteiger charge is 2.16. The average molecular weight is 200 g/mol. The second kappa shape index (κ2) is 6.89. The third-order valence-corrected chi connectivity index (χ3v) is 1.77. The molecule has 78 valence electrons. The van der Waals surface area contributed by atoms with E-state index in [1.807, 2.05) is 0 Å². The molecule has 0 heterocycles. The van der Waals surface area contributed by atoms with E-state index in [0.717, 1.165) is 19.2 Å². The molecule has 14 heavy (non-hydrogen) atoms. The maximum Gasteiger partial charge on any atom is 0.241 e. The summed E-state index contributed by atoms with van der Waals surface area (Å²) >= 11 is 0. The van der Waals surface area contributed by atoms with Gasteiger partial charge in [0.15, 0.2) is 0 Å². The quantitative estimate of drug-likeness (QED) is 0.181. The average Bonchev–Trinajstić information content (AvgIpc) is 2.69. The maximum absolute atomic E-state index is 4.98. The molecule has 2 N–H and O–H groups in total. The van der Waals surface area contributed by atoms with Crippen molar-refractivity contribution >= 4 is 6.40 Å². The zero-order valence-electron chi connectivity index (χ0n) is 7.61. The van der Waals surface area contributed by atoms with Crippen molar-refractivity contribution < 1.29 is 9.78 Å². The molecule has 1 rings (SSSR count). The molecule has 0 unspecified atom stereocenters. The van der Waals surface area contributed by atoms with E-state index in [9.17, 15) is 0 Å². The lowest BCUT2D eigenvalue weighted by atomic mass is 10.3. The SMILES string of the molecule is NN=NN=NN=COOC1CCCC1. The smallest absolute Gasteiger partial charge is 0.241 e. The minimum Gasteiger partial charge on any atom is -0.323 e. The molecule has 0 spiro atoms. The zero-order valence-corrected chi connectivity index (χ0v) is 7.61. The van der Waals surface area contributed by atoms with Crippen molar-refractivity contribution in [2.24, 2.45) is 31.8 Å². The van der Waals surface area contributed by atoms with Crippen LogP contribution in [-0.2, 0) is 9.78 Å². The summed E-state index contributed by atoms with van der Waals surface area (Å²) in [6.07, 6.45) is 5.62. The van der Waals surface area contributed by atoms with E-state index in [1.165, 1.54) is 12.8 Å². The summed E-state index contributed by atoms with van der Waals surface area (Å²) in [6, 6.07) is 0. The van der Waals surface area contributed by atoms with E-state index in [0.29, 0.717) is 0 Å². The Morgan fingerprint density at radius 1 is 1.14 bits per heavy atom. The third-order valence-electron chi connectivity index (χ3n) is 1.77. The molecular weight excluding hydrogens is 188 g/mol. The van der Waals surface area contributed by atoms with Gasteiger partial charge < -0.3 is 10.7 Å². The van der Waals surface area contributed by atoms with Crippen LogP contribution < -0.4 is 5.84 Å². The van der Waals surface area contributed by atoms with Crippen LogP contribution in [0.15, 0.2) is 26.0 Å². The van der Waals surface area contributed by atoms with Gasteiger partial charge in [0.2, 0.25) is 6.40 Å². The van der Waals surface area contributed by atoms with E-state index in [4.69, 9.17) is 4.89 Å². The summed E-state index contributed by atoms with van der Waals surface area (Å²) in [5.74, 6) is 4.65. The Labute approximate surface area is 80.8 Å². The van der Waals surface area contributed by atoms with Gasteiger partial charge in [-0.1, -0.05) is 23.2 Å². The fourth-order valence-corrected chi connectivity index (χ4v) is 1.19. The van der Waals surface area contributed by atoms with Crippen molar-refractivity contribution in [2.45, 2.75) is 31.8 Å². The number of rotatable bonds is 5. The van der Waals surface area contributed by atoms with E-state index >= 15 is 0 Å². The van der Waals surface area contributed by atoms with Gasteiger partial charge in [-0.2, -0.15) is 4.89 Å². The molecule has 0 aromatic heterocycles. The first-order valence-electron chi connectivity index (χ1n) is 4.27. The highest BCUT2D eigenvalue weighted by atomic mass is 17.2. The number of hydrogen-bond donors (Lipinski definition) is 1. The molecule has 1 aliphatic carbocycles. The van der Waals surface area contributed by atoms with E-state index in [1.54, 1.807) is 0 Å². The Hall–Kier alpha value is -1.57. The lowest BCUT2D eigenvalue weighted by molar-refractivity contribution is -0.251. The second-order valence-electron chi connectivity index (χ2n) is 2.70. The predicted octanol–water partition coefficient (Wildman–Crippen LogP) is 1.51. The number of nitrogens with two attached hydrogens (primary N) is 1. The fraction of sp³-hybridized carbons (Fsp3) is 0.833. The molecular formula is C6H12N6O2. The molecule has 0 aromatic carbocycles. The van der Waals surface area contributed by atoms with Crippen LogP contribution in [-0.4, -0.2) is 12.5 Å². The van der Waals surface area contributed by atoms with Gasteiger partial charge in [0.05, 0.1) is 0 Å². The molecule has 8 heteroatoms. The molecule has 0 bridgehead atoms. The largest absolute Gasteiger partial charge is 0.323 e. The van der Waals surface area contributed by atoms with Crippen LogP contribution in [0.25, 0.3) is 0 Å². The Kier molecular flexibility index (Phi) is 5.18. The summed E-state index contributed by atoms with van der Waals surface area (Å²) in [7, 11) is 0. The fourth-order valence-electron chi connectivity index (χ4n) is 1.19. The summed E-state index contributed by atoms with van der Waals surface area (Å²) in [5.41, 5.74) is 0. The molecule has 1 saturated carbocycles. The summed E-state index contributed by atoms with van der Waals surface area (Å²) in [6.45, 7) is 0. The Balaban J connectivity index is 2.02. The topological polar surface area (TPSA) is 106 Å². The first kappa shape index (κ1) is 10.5. The third kappa shape index (κ3) is 4.45. The lowest BCUT2D eigenvalue weighted by Gasteiger charge is -2.05. The monoisotopic (exact) mass is 200 g/mol. The molecule has 0 aromatic rings. The molecule has 0 aliphatic heterocycles. The highest BCUT2D eigenvalue weighted by Crippen LogP contribution is 2.20. The summed E-state index contributed by atoms with van der Waals surface area (Å²) in [5, 5.41) is 15.4. The maximum atomic E-state index is 4.98. The van der Waals surface area contributed by atoms with E-state index in [-0.39, 0.29) is 6.10 Å². The van der Waals surface area contributed by atoms with Crippen LogP contribution in [0.3, 0.4) is 0 Å². The Morgan fingerprint density at radius 2 is 1.93 bits per heavy atom. The second-order valence-corrected chi connectivity index (χ2v) is 2.70. The van der Waals surface area contributed by atoms with E-state index in [2.05, 4.69) is 36.7 Å².